The molecule has 2 atom stereocenters. The molecule has 0 aliphatic rings. The van der Waals surface area contributed by atoms with Gasteiger partial charge in [-0.15, -0.1) is 0 Å². The van der Waals surface area contributed by atoms with Crippen LogP contribution in [0.1, 0.15) is 0 Å². The van der Waals surface area contributed by atoms with Gasteiger partial charge < -0.3 is 5.11 Å². The van der Waals surface area contributed by atoms with Crippen molar-refractivity contribution in [3.8, 4) is 0 Å². The van der Waals surface area contributed by atoms with Gasteiger partial charge in [-0.2, -0.15) is 26.3 Å². The Bertz CT molecular complexity index is 459. The van der Waals surface area contributed by atoms with Crippen molar-refractivity contribution in [1.29, 1.82) is 0 Å². The molecule has 0 radical (unpaired) electrons. The minimum Gasteiger partial charge on any atom is -0.477 e. The van der Waals surface area contributed by atoms with E-state index in [4.69, 9.17) is 5.11 Å². The zero-order valence-corrected chi connectivity index (χ0v) is 12.3. The number of carbonyl (C=O) groups is 1. The molecule has 22 heavy (non-hydrogen) atoms. The van der Waals surface area contributed by atoms with Crippen molar-refractivity contribution >= 4 is 52.4 Å². The quantitative estimate of drug-likeness (QED) is 0.482. The maximum atomic E-state index is 13.4. The molecule has 0 saturated heterocycles. The summed E-state index contributed by atoms with van der Waals surface area (Å²) in [5, 5.41) is -4.84. The summed E-state index contributed by atoms with van der Waals surface area (Å²) in [6.07, 6.45) is 0. The first-order chi connectivity index (χ1) is 9.19. The summed E-state index contributed by atoms with van der Waals surface area (Å²) in [7, 11) is 0. The second-order valence-electron chi connectivity index (χ2n) is 3.67. The van der Waals surface area contributed by atoms with Gasteiger partial charge in [0, 0.05) is 0 Å². The van der Waals surface area contributed by atoms with Gasteiger partial charge in [-0.25, -0.2) is 18.0 Å². The van der Waals surface area contributed by atoms with Gasteiger partial charge in [0.2, 0.25) is 0 Å². The molecule has 0 spiro atoms. The fourth-order valence-electron chi connectivity index (χ4n) is 0.904. The highest BCUT2D eigenvalue weighted by molar-refractivity contribution is 6.48. The van der Waals surface area contributed by atoms with Crippen molar-refractivity contribution in [1.82, 2.24) is 0 Å². The van der Waals surface area contributed by atoms with Crippen molar-refractivity contribution in [3.63, 3.8) is 0 Å². The highest BCUT2D eigenvalue weighted by Crippen LogP contribution is 2.62. The second-order valence-corrected chi connectivity index (χ2v) is 5.95. The third-order valence-electron chi connectivity index (χ3n) is 2.20. The average molecular weight is 430 g/mol. The maximum absolute atomic E-state index is 13.4. The lowest BCUT2D eigenvalue weighted by Crippen LogP contribution is -2.70. The third kappa shape index (κ3) is 2.78. The van der Waals surface area contributed by atoms with Crippen LogP contribution in [0.25, 0.3) is 0 Å². The number of halogens is 13. The molecule has 0 saturated carbocycles. The molecular weight excluding hydrogens is 429 g/mol. The molecule has 132 valence electrons. The molecule has 0 aliphatic carbocycles. The molecule has 0 heterocycles. The van der Waals surface area contributed by atoms with Gasteiger partial charge in [0.05, 0.1) is 0 Å². The summed E-state index contributed by atoms with van der Waals surface area (Å²) in [6, 6.07) is 0. The van der Waals surface area contributed by atoms with Crippen LogP contribution in [0.4, 0.5) is 39.5 Å². The van der Waals surface area contributed by atoms with Gasteiger partial charge in [0.25, 0.3) is 0 Å². The smallest absolute Gasteiger partial charge is 0.395 e. The number of alkyl halides is 13. The summed E-state index contributed by atoms with van der Waals surface area (Å²) in [5.41, 5.74) is 0. The lowest BCUT2D eigenvalue weighted by molar-refractivity contribution is -0.286. The van der Waals surface area contributed by atoms with Crippen molar-refractivity contribution in [2.75, 3.05) is 0 Å². The van der Waals surface area contributed by atoms with E-state index in [0.717, 1.165) is 0 Å². The molecule has 0 aromatic heterocycles. The molecule has 0 aromatic carbocycles. The average Bonchev–Trinajstić information content (AvgIpc) is 2.25. The molecule has 0 aromatic rings. The molecular formula is C7HCl4F9O2. The van der Waals surface area contributed by atoms with E-state index in [1.807, 2.05) is 0 Å². The molecule has 0 amide bonds. The summed E-state index contributed by atoms with van der Waals surface area (Å²) < 4.78 is 113. The first kappa shape index (κ1) is 22.0. The fourth-order valence-corrected chi connectivity index (χ4v) is 1.78. The first-order valence-electron chi connectivity index (χ1n) is 4.38. The monoisotopic (exact) mass is 428 g/mol. The van der Waals surface area contributed by atoms with E-state index in [2.05, 4.69) is 46.4 Å². The number of aliphatic carboxylic acids is 1. The topological polar surface area (TPSA) is 37.3 Å². The van der Waals surface area contributed by atoms with E-state index in [-0.39, 0.29) is 0 Å². The Morgan fingerprint density at radius 3 is 1.23 bits per heavy atom. The lowest BCUT2D eigenvalue weighted by Gasteiger charge is -2.41. The zero-order valence-electron chi connectivity index (χ0n) is 9.27. The second kappa shape index (κ2) is 5.52. The predicted molar refractivity (Wildman–Crippen MR) is 57.4 cm³/mol. The molecule has 0 aliphatic heterocycles. The largest absolute Gasteiger partial charge is 0.477 e. The highest BCUT2D eigenvalue weighted by atomic mass is 35.5. The Labute approximate surface area is 135 Å². The molecule has 0 bridgehead atoms. The van der Waals surface area contributed by atoms with Gasteiger partial charge in [-0.05, 0) is 0 Å². The van der Waals surface area contributed by atoms with Crippen LogP contribution < -0.4 is 0 Å². The Kier molecular flexibility index (Phi) is 5.52. The molecule has 15 heteroatoms. The van der Waals surface area contributed by atoms with E-state index in [9.17, 15) is 44.3 Å². The summed E-state index contributed by atoms with van der Waals surface area (Å²) in [5.74, 6) is -23.3. The van der Waals surface area contributed by atoms with E-state index >= 15 is 0 Å². The fraction of sp³-hybridized carbons (Fsp3) is 0.857. The SMILES string of the molecule is O=C(O)C(F)(F)C(F)(Cl)C(F)(F)C(F)(Cl)C(F)(F)C(F)(Cl)Cl. The molecule has 2 unspecified atom stereocenters. The van der Waals surface area contributed by atoms with E-state index in [1.54, 1.807) is 0 Å². The summed E-state index contributed by atoms with van der Waals surface area (Å²) >= 11 is 16.0. The molecule has 0 rings (SSSR count). The Hall–Kier alpha value is -0.000000000000000555. The number of rotatable bonds is 6. The first-order valence-corrected chi connectivity index (χ1v) is 5.90. The van der Waals surface area contributed by atoms with Crippen LogP contribution >= 0.6 is 46.4 Å². The summed E-state index contributed by atoms with van der Waals surface area (Å²) in [4.78, 5) is 10.0. The standard InChI is InChI=1S/C7HCl4F9O2/c8-3(14,2(12,13)1(21)22)5(16,17)4(9,15)6(18,19)7(10,11)20/h(H,21,22). The predicted octanol–water partition coefficient (Wildman–Crippen LogP) is 4.89. The van der Waals surface area contributed by atoms with Crippen molar-refractivity contribution in [3.05, 3.63) is 0 Å². The van der Waals surface area contributed by atoms with E-state index in [1.165, 1.54) is 0 Å². The van der Waals surface area contributed by atoms with Crippen LogP contribution in [0, 0.1) is 0 Å². The molecule has 0 fully saturated rings. The molecule has 1 N–H and O–H groups in total. The van der Waals surface area contributed by atoms with Gasteiger partial charge in [-0.3, -0.25) is 0 Å². The minimum absolute atomic E-state index is 3.68. The Morgan fingerprint density at radius 1 is 0.682 bits per heavy atom. The van der Waals surface area contributed by atoms with Gasteiger partial charge >= 0.3 is 38.6 Å². The van der Waals surface area contributed by atoms with Crippen LogP contribution in [0.2, 0.25) is 0 Å². The third-order valence-corrected chi connectivity index (χ3v) is 3.63. The van der Waals surface area contributed by atoms with Crippen LogP contribution in [-0.4, -0.2) is 43.7 Å². The minimum atomic E-state index is -6.89. The van der Waals surface area contributed by atoms with Crippen LogP contribution in [0.5, 0.6) is 0 Å². The molecule has 2 nitrogen and oxygen atoms in total. The maximum Gasteiger partial charge on any atom is 0.395 e. The number of hydrogen-bond acceptors (Lipinski definition) is 1. The van der Waals surface area contributed by atoms with Gasteiger partial charge in [0.15, 0.2) is 0 Å². The number of carboxylic acids is 1. The van der Waals surface area contributed by atoms with Crippen molar-refractivity contribution in [2.45, 2.75) is 32.6 Å². The summed E-state index contributed by atoms with van der Waals surface area (Å²) in [6.45, 7) is 0. The van der Waals surface area contributed by atoms with Crippen molar-refractivity contribution in [2.24, 2.45) is 0 Å². The number of carboxylic acid groups (broad SMARTS) is 1. The van der Waals surface area contributed by atoms with Crippen LogP contribution in [0.15, 0.2) is 0 Å². The van der Waals surface area contributed by atoms with E-state index in [0.29, 0.717) is 0 Å². The van der Waals surface area contributed by atoms with E-state index < -0.39 is 38.6 Å². The van der Waals surface area contributed by atoms with Crippen LogP contribution in [0.3, 0.4) is 0 Å². The van der Waals surface area contributed by atoms with Crippen molar-refractivity contribution < 1.29 is 49.4 Å². The normalized spacial score (nSPS) is 20.2. The Morgan fingerprint density at radius 2 is 1.00 bits per heavy atom. The van der Waals surface area contributed by atoms with Crippen LogP contribution in [-0.2, 0) is 4.79 Å². The van der Waals surface area contributed by atoms with Gasteiger partial charge in [-0.1, -0.05) is 46.4 Å². The zero-order chi connectivity index (χ0) is 18.6. The lowest BCUT2D eigenvalue weighted by atomic mass is 9.97. The highest BCUT2D eigenvalue weighted by Gasteiger charge is 2.88. The number of hydrogen-bond donors (Lipinski definition) is 1. The van der Waals surface area contributed by atoms with Gasteiger partial charge in [0.1, 0.15) is 0 Å². The Balaban J connectivity index is 6.29.